The Labute approximate surface area is 280 Å². The number of carbonyl (C=O) groups excluding carboxylic acids is 2. The average molecular weight is 634 g/mol. The average Bonchev–Trinajstić information content (AvgIpc) is 2.94. The third-order valence-electron chi connectivity index (χ3n) is 6.70. The molecule has 0 radical (unpaired) electrons. The number of carboxylic acids is 1. The fourth-order valence-electron chi connectivity index (χ4n) is 4.62. The molecule has 10 heteroatoms. The number of aryl methyl sites for hydroxylation is 1. The summed E-state index contributed by atoms with van der Waals surface area (Å²) in [4.78, 5) is 24.3. The summed E-state index contributed by atoms with van der Waals surface area (Å²) >= 11 is 18.6. The molecular formula is C32H24Cl3NaO6. The van der Waals surface area contributed by atoms with E-state index in [2.05, 4.69) is 0 Å². The molecule has 1 heterocycles. The maximum Gasteiger partial charge on any atom is 1.00 e. The Kier molecular flexibility index (Phi) is 11.2. The first-order chi connectivity index (χ1) is 19.8. The van der Waals surface area contributed by atoms with Crippen LogP contribution < -0.4 is 48.9 Å². The van der Waals surface area contributed by atoms with E-state index in [0.717, 1.165) is 5.56 Å². The van der Waals surface area contributed by atoms with Gasteiger partial charge in [0.2, 0.25) is 0 Å². The van der Waals surface area contributed by atoms with E-state index in [1.54, 1.807) is 60.7 Å². The molecule has 210 valence electrons. The van der Waals surface area contributed by atoms with E-state index in [9.17, 15) is 14.7 Å². The van der Waals surface area contributed by atoms with Crippen LogP contribution >= 0.6 is 34.8 Å². The van der Waals surface area contributed by atoms with Crippen LogP contribution in [0.1, 0.15) is 46.7 Å². The second-order valence-electron chi connectivity index (χ2n) is 9.54. The van der Waals surface area contributed by atoms with Crippen molar-refractivity contribution in [1.29, 1.82) is 0 Å². The number of halogens is 3. The SMILES string of the molecule is O=C(CCCc1ccc(Cl)cc1Oc1cccc(Cl)c1)c1ccc(Oc2cc3c(cc2Cl)C(C(=O)[O-])CCO3)cc1.[Na+]. The predicted molar refractivity (Wildman–Crippen MR) is 156 cm³/mol. The first-order valence-corrected chi connectivity index (χ1v) is 14.1. The second kappa shape index (κ2) is 14.6. The van der Waals surface area contributed by atoms with E-state index in [4.69, 9.17) is 49.0 Å². The zero-order valence-electron chi connectivity index (χ0n) is 22.7. The van der Waals surface area contributed by atoms with Gasteiger partial charge >= 0.3 is 29.6 Å². The van der Waals surface area contributed by atoms with Crippen molar-refractivity contribution in [3.63, 3.8) is 0 Å². The number of rotatable bonds is 10. The summed E-state index contributed by atoms with van der Waals surface area (Å²) in [5.74, 6) is 0.466. The number of hydrogen-bond acceptors (Lipinski definition) is 6. The quantitative estimate of drug-likeness (QED) is 0.179. The summed E-state index contributed by atoms with van der Waals surface area (Å²) in [6.07, 6.45) is 1.89. The first-order valence-electron chi connectivity index (χ1n) is 13.0. The maximum atomic E-state index is 12.9. The van der Waals surface area contributed by atoms with E-state index in [0.29, 0.717) is 75.6 Å². The molecule has 0 bridgehead atoms. The van der Waals surface area contributed by atoms with Crippen LogP contribution in [0.25, 0.3) is 0 Å². The van der Waals surface area contributed by atoms with Gasteiger partial charge in [-0.25, -0.2) is 0 Å². The minimum Gasteiger partial charge on any atom is -0.549 e. The summed E-state index contributed by atoms with van der Waals surface area (Å²) in [5, 5.41) is 12.8. The molecule has 5 rings (SSSR count). The molecule has 42 heavy (non-hydrogen) atoms. The third kappa shape index (κ3) is 8.01. The number of aliphatic carboxylic acids is 1. The van der Waals surface area contributed by atoms with Crippen molar-refractivity contribution >= 4 is 46.6 Å². The van der Waals surface area contributed by atoms with Crippen LogP contribution in [0.4, 0.5) is 0 Å². The number of carboxylic acid groups (broad SMARTS) is 1. The van der Waals surface area contributed by atoms with Crippen LogP contribution in [-0.2, 0) is 11.2 Å². The summed E-state index contributed by atoms with van der Waals surface area (Å²) in [5.41, 5.74) is 1.96. The van der Waals surface area contributed by atoms with Crippen molar-refractivity contribution in [3.05, 3.63) is 111 Å². The first kappa shape index (κ1) is 32.2. The summed E-state index contributed by atoms with van der Waals surface area (Å²) in [7, 11) is 0. The Morgan fingerprint density at radius 3 is 2.33 bits per heavy atom. The summed E-state index contributed by atoms with van der Waals surface area (Å²) < 4.78 is 17.5. The summed E-state index contributed by atoms with van der Waals surface area (Å²) in [6.45, 7) is 0.262. The molecule has 0 N–H and O–H groups in total. The van der Waals surface area contributed by atoms with E-state index in [-0.39, 0.29) is 47.0 Å². The molecular weight excluding hydrogens is 610 g/mol. The number of Topliss-reactive ketones (excluding diaryl/α,β-unsaturated/α-hetero) is 1. The third-order valence-corrected chi connectivity index (χ3v) is 7.46. The molecule has 0 aromatic heterocycles. The molecule has 6 nitrogen and oxygen atoms in total. The minimum atomic E-state index is -1.17. The molecule has 0 saturated heterocycles. The van der Waals surface area contributed by atoms with Crippen molar-refractivity contribution in [2.45, 2.75) is 31.6 Å². The molecule has 4 aromatic carbocycles. The Hall–Kier alpha value is -2.71. The zero-order chi connectivity index (χ0) is 28.9. The van der Waals surface area contributed by atoms with E-state index < -0.39 is 11.9 Å². The van der Waals surface area contributed by atoms with Gasteiger partial charge in [-0.15, -0.1) is 0 Å². The Bertz CT molecular complexity index is 1590. The fourth-order valence-corrected chi connectivity index (χ4v) is 5.17. The van der Waals surface area contributed by atoms with Crippen molar-refractivity contribution in [2.75, 3.05) is 6.61 Å². The van der Waals surface area contributed by atoms with Crippen molar-refractivity contribution in [1.82, 2.24) is 0 Å². The Morgan fingerprint density at radius 2 is 1.60 bits per heavy atom. The second-order valence-corrected chi connectivity index (χ2v) is 10.8. The molecule has 1 atom stereocenters. The number of fused-ring (bicyclic) bond motifs is 1. The van der Waals surface area contributed by atoms with Crippen molar-refractivity contribution in [2.24, 2.45) is 0 Å². The smallest absolute Gasteiger partial charge is 0.549 e. The summed E-state index contributed by atoms with van der Waals surface area (Å²) in [6, 6.07) is 22.4. The van der Waals surface area contributed by atoms with Gasteiger partial charge in [0.1, 0.15) is 28.7 Å². The van der Waals surface area contributed by atoms with E-state index >= 15 is 0 Å². The monoisotopic (exact) mass is 632 g/mol. The zero-order valence-corrected chi connectivity index (χ0v) is 27.0. The van der Waals surface area contributed by atoms with E-state index in [1.165, 1.54) is 6.07 Å². The van der Waals surface area contributed by atoms with Gasteiger partial charge in [-0.05, 0) is 85.5 Å². The van der Waals surface area contributed by atoms with Gasteiger partial charge in [-0.2, -0.15) is 0 Å². The number of hydrogen-bond donors (Lipinski definition) is 0. The van der Waals surface area contributed by atoms with Gasteiger partial charge in [0, 0.05) is 45.5 Å². The molecule has 1 aliphatic heterocycles. The molecule has 0 saturated carbocycles. The number of carbonyl (C=O) groups is 2. The normalized spacial score (nSPS) is 13.7. The molecule has 1 unspecified atom stereocenters. The molecule has 4 aromatic rings. The molecule has 0 spiro atoms. The predicted octanol–water partition coefficient (Wildman–Crippen LogP) is 5.06. The topological polar surface area (TPSA) is 84.9 Å². The largest absolute Gasteiger partial charge is 1.00 e. The van der Waals surface area contributed by atoms with Gasteiger partial charge in [0.05, 0.1) is 11.6 Å². The number of ketones is 1. The Balaban J connectivity index is 0.00000405. The van der Waals surface area contributed by atoms with Gasteiger partial charge in [-0.1, -0.05) is 46.9 Å². The van der Waals surface area contributed by atoms with Crippen molar-refractivity contribution in [3.8, 4) is 28.7 Å². The van der Waals surface area contributed by atoms with Gasteiger partial charge in [0.15, 0.2) is 5.78 Å². The van der Waals surface area contributed by atoms with Crippen LogP contribution in [0.15, 0.2) is 78.9 Å². The standard InChI is InChI=1S/C32H25Cl3O6.Na/c33-21-4-2-5-24(15-21)41-29-16-22(34)10-7-20(29)3-1-6-28(36)19-8-11-23(12-9-19)40-31-18-30-26(17-27(31)35)25(32(37)38)13-14-39-30;/h2,4-5,7-12,15-18,25H,1,3,6,13-14H2,(H,37,38);/q;+1/p-1. The van der Waals surface area contributed by atoms with Gasteiger partial charge < -0.3 is 24.1 Å². The van der Waals surface area contributed by atoms with Crippen LogP contribution in [0.2, 0.25) is 15.1 Å². The number of ether oxygens (including phenoxy) is 3. The van der Waals surface area contributed by atoms with Crippen LogP contribution in [0.3, 0.4) is 0 Å². The fraction of sp³-hybridized carbons (Fsp3) is 0.188. The molecule has 0 fully saturated rings. The van der Waals surface area contributed by atoms with Gasteiger partial charge in [-0.3, -0.25) is 4.79 Å². The maximum absolute atomic E-state index is 12.9. The van der Waals surface area contributed by atoms with Crippen LogP contribution in [0, 0.1) is 0 Å². The minimum absolute atomic E-state index is 0. The number of benzene rings is 4. The van der Waals surface area contributed by atoms with E-state index in [1.807, 2.05) is 12.1 Å². The van der Waals surface area contributed by atoms with Crippen LogP contribution in [0.5, 0.6) is 28.7 Å². The van der Waals surface area contributed by atoms with Gasteiger partial charge in [0.25, 0.3) is 0 Å². The molecule has 1 aliphatic rings. The molecule has 0 amide bonds. The van der Waals surface area contributed by atoms with Crippen LogP contribution in [-0.4, -0.2) is 18.4 Å². The Morgan fingerprint density at radius 1 is 0.857 bits per heavy atom. The van der Waals surface area contributed by atoms with Crippen molar-refractivity contribution < 1.29 is 58.5 Å². The molecule has 0 aliphatic carbocycles.